The second-order valence-corrected chi connectivity index (χ2v) is 6.76. The molecule has 0 aliphatic rings. The van der Waals surface area contributed by atoms with Gasteiger partial charge in [0.15, 0.2) is 0 Å². The number of hydrogen-bond acceptors (Lipinski definition) is 3. The number of amides is 1. The highest BCUT2D eigenvalue weighted by atomic mass is 35.5. The number of hydrogen-bond donors (Lipinski definition) is 1. The molecule has 1 N–H and O–H groups in total. The third-order valence-electron chi connectivity index (χ3n) is 4.40. The fraction of sp³-hybridized carbons (Fsp3) is 0.130. The summed E-state index contributed by atoms with van der Waals surface area (Å²) in [6.07, 6.45) is 0.317. The fourth-order valence-electron chi connectivity index (χ4n) is 2.88. The molecule has 3 aromatic rings. The van der Waals surface area contributed by atoms with Crippen LogP contribution in [0.1, 0.15) is 15.9 Å². The summed E-state index contributed by atoms with van der Waals surface area (Å²) in [5.41, 5.74) is 3.44. The number of ether oxygens (including phenoxy) is 1. The molecule has 0 heterocycles. The Morgan fingerprint density at radius 3 is 2.11 bits per heavy atom. The summed E-state index contributed by atoms with van der Waals surface area (Å²) >= 11 is 5.90. The monoisotopic (exact) mass is 393 g/mol. The van der Waals surface area contributed by atoms with E-state index < -0.39 is 12.0 Å². The van der Waals surface area contributed by atoms with E-state index in [9.17, 15) is 9.59 Å². The van der Waals surface area contributed by atoms with Crippen LogP contribution in [0.5, 0.6) is 0 Å². The van der Waals surface area contributed by atoms with E-state index in [0.29, 0.717) is 17.0 Å². The number of methoxy groups -OCH3 is 1. The topological polar surface area (TPSA) is 55.4 Å². The second-order valence-electron chi connectivity index (χ2n) is 6.32. The van der Waals surface area contributed by atoms with Gasteiger partial charge in [0.1, 0.15) is 6.04 Å². The van der Waals surface area contributed by atoms with Crippen LogP contribution in [-0.4, -0.2) is 25.0 Å². The van der Waals surface area contributed by atoms with Crippen molar-refractivity contribution in [3.05, 3.63) is 95.0 Å². The van der Waals surface area contributed by atoms with Crippen LogP contribution in [-0.2, 0) is 16.0 Å². The molecular formula is C23H20ClNO3. The smallest absolute Gasteiger partial charge is 0.328 e. The van der Waals surface area contributed by atoms with Gasteiger partial charge in [0, 0.05) is 17.0 Å². The van der Waals surface area contributed by atoms with Crippen LogP contribution >= 0.6 is 11.6 Å². The van der Waals surface area contributed by atoms with Crippen molar-refractivity contribution in [3.8, 4) is 11.1 Å². The zero-order chi connectivity index (χ0) is 19.9. The predicted octanol–water partition coefficient (Wildman–Crippen LogP) is 4.52. The minimum Gasteiger partial charge on any atom is -0.467 e. The summed E-state index contributed by atoms with van der Waals surface area (Å²) in [4.78, 5) is 24.8. The largest absolute Gasteiger partial charge is 0.467 e. The maximum Gasteiger partial charge on any atom is 0.328 e. The minimum absolute atomic E-state index is 0.317. The third-order valence-corrected chi connectivity index (χ3v) is 4.65. The molecule has 0 saturated heterocycles. The number of rotatable bonds is 6. The fourth-order valence-corrected chi connectivity index (χ4v) is 3.00. The van der Waals surface area contributed by atoms with Crippen molar-refractivity contribution in [2.75, 3.05) is 7.11 Å². The van der Waals surface area contributed by atoms with E-state index in [4.69, 9.17) is 16.3 Å². The molecule has 0 radical (unpaired) electrons. The van der Waals surface area contributed by atoms with Gasteiger partial charge >= 0.3 is 5.97 Å². The SMILES string of the molecule is COC(=O)[C@@H](Cc1ccc(Cl)cc1)NC(=O)c1ccc(-c2ccccc2)cc1. The molecule has 1 amide bonds. The van der Waals surface area contributed by atoms with Gasteiger partial charge in [-0.2, -0.15) is 0 Å². The average Bonchev–Trinajstić information content (AvgIpc) is 2.75. The van der Waals surface area contributed by atoms with E-state index in [0.717, 1.165) is 16.7 Å². The normalized spacial score (nSPS) is 11.5. The zero-order valence-corrected chi connectivity index (χ0v) is 16.1. The molecule has 28 heavy (non-hydrogen) atoms. The van der Waals surface area contributed by atoms with Crippen LogP contribution in [0, 0.1) is 0 Å². The number of halogens is 1. The molecule has 0 spiro atoms. The molecule has 0 saturated carbocycles. The van der Waals surface area contributed by atoms with Gasteiger partial charge in [0.25, 0.3) is 5.91 Å². The lowest BCUT2D eigenvalue weighted by atomic mass is 10.0. The molecule has 3 rings (SSSR count). The molecule has 0 fully saturated rings. The van der Waals surface area contributed by atoms with E-state index in [1.165, 1.54) is 7.11 Å². The number of benzene rings is 3. The van der Waals surface area contributed by atoms with E-state index in [1.807, 2.05) is 54.6 Å². The van der Waals surface area contributed by atoms with Crippen LogP contribution in [0.4, 0.5) is 0 Å². The van der Waals surface area contributed by atoms with E-state index >= 15 is 0 Å². The number of carbonyl (C=O) groups excluding carboxylic acids is 2. The van der Waals surface area contributed by atoms with Gasteiger partial charge in [-0.3, -0.25) is 4.79 Å². The first kappa shape index (κ1) is 19.6. The van der Waals surface area contributed by atoms with Crippen LogP contribution in [0.25, 0.3) is 11.1 Å². The molecule has 3 aromatic carbocycles. The third kappa shape index (κ3) is 4.99. The Morgan fingerprint density at radius 2 is 1.50 bits per heavy atom. The average molecular weight is 394 g/mol. The standard InChI is InChI=1S/C23H20ClNO3/c1-28-23(27)21(15-16-7-13-20(24)14-8-16)25-22(26)19-11-9-18(10-12-19)17-5-3-2-4-6-17/h2-14,21H,15H2,1H3,(H,25,26)/t21-/m1/s1. The van der Waals surface area contributed by atoms with Crippen molar-refractivity contribution in [3.63, 3.8) is 0 Å². The molecule has 4 nitrogen and oxygen atoms in total. The highest BCUT2D eigenvalue weighted by molar-refractivity contribution is 6.30. The maximum absolute atomic E-state index is 12.6. The maximum atomic E-state index is 12.6. The van der Waals surface area contributed by atoms with Crippen LogP contribution < -0.4 is 5.32 Å². The molecular weight excluding hydrogens is 374 g/mol. The van der Waals surface area contributed by atoms with Gasteiger partial charge in [-0.1, -0.05) is 66.2 Å². The van der Waals surface area contributed by atoms with Crippen molar-refractivity contribution in [2.24, 2.45) is 0 Å². The summed E-state index contributed by atoms with van der Waals surface area (Å²) in [6, 6.07) is 23.5. The minimum atomic E-state index is -0.785. The Kier molecular flexibility index (Phi) is 6.45. The Morgan fingerprint density at radius 1 is 0.893 bits per heavy atom. The lowest BCUT2D eigenvalue weighted by Crippen LogP contribution is -2.43. The predicted molar refractivity (Wildman–Crippen MR) is 110 cm³/mol. The highest BCUT2D eigenvalue weighted by Crippen LogP contribution is 2.19. The van der Waals surface area contributed by atoms with E-state index in [1.54, 1.807) is 24.3 Å². The second kappa shape index (κ2) is 9.20. The molecule has 142 valence electrons. The van der Waals surface area contributed by atoms with Gasteiger partial charge in [0.2, 0.25) is 0 Å². The Labute approximate surface area is 169 Å². The number of nitrogens with one attached hydrogen (secondary N) is 1. The first-order valence-electron chi connectivity index (χ1n) is 8.85. The van der Waals surface area contributed by atoms with Gasteiger partial charge in [-0.25, -0.2) is 4.79 Å². The lowest BCUT2D eigenvalue weighted by Gasteiger charge is -2.17. The first-order valence-corrected chi connectivity index (χ1v) is 9.23. The summed E-state index contributed by atoms with van der Waals surface area (Å²) in [5, 5.41) is 3.37. The molecule has 5 heteroatoms. The first-order chi connectivity index (χ1) is 13.6. The Hall–Kier alpha value is -3.11. The molecule has 0 bridgehead atoms. The van der Waals surface area contributed by atoms with Crippen LogP contribution in [0.2, 0.25) is 5.02 Å². The van der Waals surface area contributed by atoms with Crippen LogP contribution in [0.3, 0.4) is 0 Å². The van der Waals surface area contributed by atoms with Crippen molar-refractivity contribution >= 4 is 23.5 Å². The summed E-state index contributed by atoms with van der Waals surface area (Å²) < 4.78 is 4.84. The number of esters is 1. The van der Waals surface area contributed by atoms with Crippen molar-refractivity contribution in [1.29, 1.82) is 0 Å². The summed E-state index contributed by atoms with van der Waals surface area (Å²) in [6.45, 7) is 0. The quantitative estimate of drug-likeness (QED) is 0.626. The van der Waals surface area contributed by atoms with E-state index in [-0.39, 0.29) is 5.91 Å². The summed E-state index contributed by atoms with van der Waals surface area (Å²) in [7, 11) is 1.30. The van der Waals surface area contributed by atoms with Crippen molar-refractivity contribution < 1.29 is 14.3 Å². The van der Waals surface area contributed by atoms with Gasteiger partial charge in [0.05, 0.1) is 7.11 Å². The highest BCUT2D eigenvalue weighted by Gasteiger charge is 2.22. The van der Waals surface area contributed by atoms with Crippen molar-refractivity contribution in [2.45, 2.75) is 12.5 Å². The van der Waals surface area contributed by atoms with Crippen molar-refractivity contribution in [1.82, 2.24) is 5.32 Å². The number of carbonyl (C=O) groups is 2. The molecule has 0 aliphatic carbocycles. The molecule has 0 aliphatic heterocycles. The molecule has 0 aromatic heterocycles. The zero-order valence-electron chi connectivity index (χ0n) is 15.4. The Balaban J connectivity index is 1.72. The lowest BCUT2D eigenvalue weighted by molar-refractivity contribution is -0.142. The molecule has 1 atom stereocenters. The van der Waals surface area contributed by atoms with Gasteiger partial charge in [-0.15, -0.1) is 0 Å². The van der Waals surface area contributed by atoms with Gasteiger partial charge < -0.3 is 10.1 Å². The van der Waals surface area contributed by atoms with E-state index in [2.05, 4.69) is 5.32 Å². The molecule has 0 unspecified atom stereocenters. The van der Waals surface area contributed by atoms with Crippen LogP contribution in [0.15, 0.2) is 78.9 Å². The Bertz CT molecular complexity index is 938. The van der Waals surface area contributed by atoms with Gasteiger partial charge in [-0.05, 0) is 41.0 Å². The summed E-state index contributed by atoms with van der Waals surface area (Å²) in [5.74, 6) is -0.826.